The van der Waals surface area contributed by atoms with E-state index in [2.05, 4.69) is 85.8 Å². The Morgan fingerprint density at radius 3 is 2.59 bits per heavy atom. The van der Waals surface area contributed by atoms with E-state index < -0.39 is 0 Å². The lowest BCUT2D eigenvalue weighted by Gasteiger charge is -2.32. The van der Waals surface area contributed by atoms with Crippen molar-refractivity contribution in [2.24, 2.45) is 0 Å². The predicted molar refractivity (Wildman–Crippen MR) is 171 cm³/mol. The van der Waals surface area contributed by atoms with Crippen LogP contribution in [0.5, 0.6) is 0 Å². The van der Waals surface area contributed by atoms with Crippen LogP contribution < -0.4 is 10.6 Å². The van der Waals surface area contributed by atoms with E-state index in [0.29, 0.717) is 11.7 Å². The molecule has 0 spiro atoms. The van der Waals surface area contributed by atoms with Crippen molar-refractivity contribution in [3.8, 4) is 0 Å². The second-order valence-electron chi connectivity index (χ2n) is 11.5. The molecule has 6 rings (SSSR count). The van der Waals surface area contributed by atoms with Crippen molar-refractivity contribution in [1.82, 2.24) is 29.6 Å². The van der Waals surface area contributed by atoms with Gasteiger partial charge in [-0.15, -0.1) is 0 Å². The number of aromatic amines is 1. The Labute approximate surface area is 247 Å². The minimum absolute atomic E-state index is 0.209. The fourth-order valence-electron chi connectivity index (χ4n) is 6.16. The molecule has 2 aromatic carbocycles. The first-order chi connectivity index (χ1) is 20.0. The monoisotopic (exact) mass is 571 g/mol. The molecule has 0 unspecified atom stereocenters. The van der Waals surface area contributed by atoms with Crippen LogP contribution in [0.1, 0.15) is 30.4 Å². The van der Waals surface area contributed by atoms with Gasteiger partial charge in [-0.25, -0.2) is 0 Å². The van der Waals surface area contributed by atoms with Gasteiger partial charge in [0.1, 0.15) is 6.54 Å². The molecule has 0 aliphatic carbocycles. The summed E-state index contributed by atoms with van der Waals surface area (Å²) in [5, 5.41) is 9.81. The molecular weight excluding hydrogens is 530 g/mol. The van der Waals surface area contributed by atoms with Crippen molar-refractivity contribution < 1.29 is 4.79 Å². The number of rotatable bonds is 8. The smallest absolute Gasteiger partial charge is 0.242 e. The number of carbonyl (C=O) groups excluding carboxylic acids is 1. The Kier molecular flexibility index (Phi) is 8.55. The van der Waals surface area contributed by atoms with E-state index in [9.17, 15) is 4.79 Å². The summed E-state index contributed by atoms with van der Waals surface area (Å²) in [6, 6.07) is 14.8. The fraction of sp³-hybridized carbons (Fsp3) is 0.438. The van der Waals surface area contributed by atoms with Crippen LogP contribution in [0.25, 0.3) is 21.8 Å². The zero-order valence-electron chi connectivity index (χ0n) is 24.0. The van der Waals surface area contributed by atoms with Crippen LogP contribution in [-0.2, 0) is 24.3 Å². The number of amides is 1. The van der Waals surface area contributed by atoms with Crippen LogP contribution >= 0.6 is 12.2 Å². The van der Waals surface area contributed by atoms with E-state index >= 15 is 0 Å². The zero-order chi connectivity index (χ0) is 28.2. The Balaban J connectivity index is 1.15. The quantitative estimate of drug-likeness (QED) is 0.272. The van der Waals surface area contributed by atoms with Crippen molar-refractivity contribution in [2.75, 3.05) is 58.2 Å². The van der Waals surface area contributed by atoms with Gasteiger partial charge in [0, 0.05) is 86.7 Å². The molecule has 0 radical (unpaired) electrons. The molecule has 1 amide bonds. The van der Waals surface area contributed by atoms with Gasteiger partial charge < -0.3 is 30.0 Å². The molecule has 2 fully saturated rings. The lowest BCUT2D eigenvalue weighted by molar-refractivity contribution is -0.132. The Bertz CT molecular complexity index is 1510. The van der Waals surface area contributed by atoms with Crippen molar-refractivity contribution in [2.45, 2.75) is 38.8 Å². The Hall–Kier alpha value is -3.40. The largest absolute Gasteiger partial charge is 0.362 e. The van der Waals surface area contributed by atoms with Gasteiger partial charge in [-0.2, -0.15) is 0 Å². The molecule has 0 atom stereocenters. The lowest BCUT2D eigenvalue weighted by Crippen LogP contribution is -2.43. The summed E-state index contributed by atoms with van der Waals surface area (Å²) in [6.07, 6.45) is 8.58. The van der Waals surface area contributed by atoms with Gasteiger partial charge in [0.05, 0.1) is 5.52 Å². The average Bonchev–Trinajstić information content (AvgIpc) is 3.55. The number of anilines is 1. The normalized spacial score (nSPS) is 16.9. The number of carbonyl (C=O) groups is 1. The third-order valence-electron chi connectivity index (χ3n) is 8.58. The number of hydrogen-bond donors (Lipinski definition) is 3. The molecular formula is C32H41N7OS. The number of para-hydroxylation sites is 1. The summed E-state index contributed by atoms with van der Waals surface area (Å²) in [7, 11) is 2.19. The van der Waals surface area contributed by atoms with Gasteiger partial charge in [0.15, 0.2) is 5.11 Å². The van der Waals surface area contributed by atoms with Crippen LogP contribution in [0, 0.1) is 0 Å². The van der Waals surface area contributed by atoms with Crippen LogP contribution in [0.3, 0.4) is 0 Å². The number of thiocarbonyl (C=S) groups is 1. The van der Waals surface area contributed by atoms with E-state index in [1.807, 2.05) is 11.0 Å². The van der Waals surface area contributed by atoms with Crippen LogP contribution in [0.4, 0.5) is 5.69 Å². The summed E-state index contributed by atoms with van der Waals surface area (Å²) in [5.41, 5.74) is 5.72. The number of nitrogens with one attached hydrogen (secondary N) is 3. The number of piperidine rings is 1. The second-order valence-corrected chi connectivity index (χ2v) is 11.9. The van der Waals surface area contributed by atoms with Gasteiger partial charge in [-0.05, 0) is 74.3 Å². The molecule has 41 heavy (non-hydrogen) atoms. The number of nitrogens with zero attached hydrogens (tertiary/aromatic N) is 4. The van der Waals surface area contributed by atoms with E-state index in [1.165, 1.54) is 28.3 Å². The molecule has 4 heterocycles. The van der Waals surface area contributed by atoms with Gasteiger partial charge in [-0.3, -0.25) is 9.69 Å². The van der Waals surface area contributed by atoms with E-state index in [0.717, 1.165) is 88.3 Å². The first kappa shape index (κ1) is 27.8. The second kappa shape index (κ2) is 12.6. The van der Waals surface area contributed by atoms with E-state index in [-0.39, 0.29) is 5.91 Å². The van der Waals surface area contributed by atoms with Gasteiger partial charge in [0.25, 0.3) is 0 Å². The first-order valence-electron chi connectivity index (χ1n) is 14.9. The topological polar surface area (TPSA) is 71.6 Å². The third-order valence-corrected chi connectivity index (χ3v) is 8.83. The number of aromatic nitrogens is 2. The van der Waals surface area contributed by atoms with Crippen molar-refractivity contribution in [3.63, 3.8) is 0 Å². The van der Waals surface area contributed by atoms with Gasteiger partial charge in [-0.1, -0.05) is 24.3 Å². The van der Waals surface area contributed by atoms with E-state index in [4.69, 9.17) is 12.2 Å². The minimum atomic E-state index is 0.209. The summed E-state index contributed by atoms with van der Waals surface area (Å²) in [4.78, 5) is 23.5. The lowest BCUT2D eigenvalue weighted by atomic mass is 10.1. The van der Waals surface area contributed by atoms with Gasteiger partial charge >= 0.3 is 0 Å². The van der Waals surface area contributed by atoms with E-state index in [1.54, 1.807) is 0 Å². The summed E-state index contributed by atoms with van der Waals surface area (Å²) in [6.45, 7) is 8.06. The third kappa shape index (κ3) is 6.58. The minimum Gasteiger partial charge on any atom is -0.362 e. The molecule has 2 aliphatic heterocycles. The SMILES string of the molecule is CN1CCN(Cc2cn(CC(=O)N3CCCCC3)c3cc(NC(=S)NCCc4c[nH]c5ccccc45)ccc23)CC1. The summed E-state index contributed by atoms with van der Waals surface area (Å²) < 4.78 is 2.15. The van der Waals surface area contributed by atoms with Crippen LogP contribution in [0.2, 0.25) is 0 Å². The number of likely N-dealkylation sites (N-methyl/N-ethyl adjacent to an activating group) is 1. The molecule has 2 saturated heterocycles. The van der Waals surface area contributed by atoms with Gasteiger partial charge in [0.2, 0.25) is 5.91 Å². The molecule has 2 aliphatic rings. The molecule has 216 valence electrons. The van der Waals surface area contributed by atoms with Crippen molar-refractivity contribution in [1.29, 1.82) is 0 Å². The molecule has 4 aromatic rings. The maximum Gasteiger partial charge on any atom is 0.242 e. The predicted octanol–water partition coefficient (Wildman–Crippen LogP) is 4.41. The van der Waals surface area contributed by atoms with Crippen molar-refractivity contribution in [3.05, 3.63) is 66.0 Å². The van der Waals surface area contributed by atoms with Crippen molar-refractivity contribution >= 4 is 50.7 Å². The maximum absolute atomic E-state index is 13.2. The number of H-pyrrole nitrogens is 1. The molecule has 0 saturated carbocycles. The highest BCUT2D eigenvalue weighted by atomic mass is 32.1. The average molecular weight is 572 g/mol. The first-order valence-corrected chi connectivity index (χ1v) is 15.3. The standard InChI is InChI=1S/C32H41N7OS/c1-36-15-17-37(18-16-36)21-25-22-39(23-31(40)38-13-5-2-6-14-38)30-19-26(9-10-28(25)30)35-32(41)33-12-11-24-20-34-29-8-4-3-7-27(24)29/h3-4,7-10,19-20,22,34H,2,5-6,11-18,21,23H2,1H3,(H2,33,35,41). The molecule has 2 aromatic heterocycles. The summed E-state index contributed by atoms with van der Waals surface area (Å²) >= 11 is 5.65. The fourth-order valence-corrected chi connectivity index (χ4v) is 6.38. The highest BCUT2D eigenvalue weighted by molar-refractivity contribution is 7.80. The Morgan fingerprint density at radius 2 is 1.76 bits per heavy atom. The Morgan fingerprint density at radius 1 is 0.951 bits per heavy atom. The number of piperazine rings is 1. The van der Waals surface area contributed by atoms with Crippen LogP contribution in [-0.4, -0.2) is 88.1 Å². The van der Waals surface area contributed by atoms with Crippen LogP contribution in [0.15, 0.2) is 54.9 Å². The highest BCUT2D eigenvalue weighted by Crippen LogP contribution is 2.27. The molecule has 9 heteroatoms. The molecule has 0 bridgehead atoms. The number of likely N-dealkylation sites (tertiary alicyclic amines) is 1. The number of fused-ring (bicyclic) bond motifs is 2. The summed E-state index contributed by atoms with van der Waals surface area (Å²) in [5.74, 6) is 0.209. The molecule has 3 N–H and O–H groups in total. The highest BCUT2D eigenvalue weighted by Gasteiger charge is 2.21. The zero-order valence-corrected chi connectivity index (χ0v) is 24.8. The maximum atomic E-state index is 13.2. The molecule has 8 nitrogen and oxygen atoms in total. The number of hydrogen-bond acceptors (Lipinski definition) is 4. The number of benzene rings is 2.